The number of carbonyl (C=O) groups is 1. The van der Waals surface area contributed by atoms with Crippen molar-refractivity contribution in [2.75, 3.05) is 36.5 Å². The second kappa shape index (κ2) is 10.5. The summed E-state index contributed by atoms with van der Waals surface area (Å²) >= 11 is 6.01. The van der Waals surface area contributed by atoms with Crippen molar-refractivity contribution >= 4 is 39.0 Å². The minimum Gasteiger partial charge on any atom is -0.377 e. The fraction of sp³-hybridized carbons (Fsp3) is 0.370. The lowest BCUT2D eigenvalue weighted by Gasteiger charge is -2.34. The first-order valence-corrected chi connectivity index (χ1v) is 14.5. The molecule has 0 spiro atoms. The van der Waals surface area contributed by atoms with Gasteiger partial charge in [-0.05, 0) is 75.2 Å². The maximum atomic E-state index is 13.8. The van der Waals surface area contributed by atoms with Crippen LogP contribution < -0.4 is 15.5 Å². The van der Waals surface area contributed by atoms with Crippen LogP contribution in [0.2, 0.25) is 5.02 Å². The second-order valence-corrected chi connectivity index (χ2v) is 12.3. The highest BCUT2D eigenvalue weighted by Crippen LogP contribution is 2.55. The number of halogens is 1. The van der Waals surface area contributed by atoms with Crippen molar-refractivity contribution in [1.82, 2.24) is 15.3 Å². The number of aromatic nitrogens is 2. The van der Waals surface area contributed by atoms with Crippen LogP contribution >= 0.6 is 11.6 Å². The summed E-state index contributed by atoms with van der Waals surface area (Å²) in [5, 5.41) is 5.95. The van der Waals surface area contributed by atoms with Crippen molar-refractivity contribution in [1.29, 1.82) is 0 Å². The molecule has 2 fully saturated rings. The van der Waals surface area contributed by atoms with Crippen LogP contribution in [0.1, 0.15) is 32.4 Å². The van der Waals surface area contributed by atoms with E-state index in [-0.39, 0.29) is 17.0 Å². The SMILES string of the molecule is CCNC(=O)Nc1ccc(-c2nc(N3CCOC[C@@H]3C)cc(C3(S(=O)(=O)c4ccc(Cl)cc4)CC3)n2)cc1. The maximum Gasteiger partial charge on any atom is 0.319 e. The predicted molar refractivity (Wildman–Crippen MR) is 147 cm³/mol. The molecule has 2 aliphatic rings. The maximum absolute atomic E-state index is 13.8. The number of carbonyl (C=O) groups excluding carboxylic acids is 1. The Morgan fingerprint density at radius 2 is 1.84 bits per heavy atom. The molecule has 5 rings (SSSR count). The lowest BCUT2D eigenvalue weighted by molar-refractivity contribution is 0.0985. The molecule has 9 nitrogen and oxygen atoms in total. The fourth-order valence-electron chi connectivity index (χ4n) is 4.67. The molecule has 1 aromatic heterocycles. The molecule has 1 aliphatic heterocycles. The smallest absolute Gasteiger partial charge is 0.319 e. The van der Waals surface area contributed by atoms with Gasteiger partial charge in [-0.1, -0.05) is 11.6 Å². The molecule has 2 aromatic carbocycles. The predicted octanol–water partition coefficient (Wildman–Crippen LogP) is 4.63. The van der Waals surface area contributed by atoms with Crippen molar-refractivity contribution in [2.45, 2.75) is 42.4 Å². The van der Waals surface area contributed by atoms with Crippen molar-refractivity contribution in [3.05, 3.63) is 65.3 Å². The van der Waals surface area contributed by atoms with Crippen LogP contribution in [0.3, 0.4) is 0 Å². The first-order chi connectivity index (χ1) is 18.2. The third-order valence-electron chi connectivity index (χ3n) is 6.92. The van der Waals surface area contributed by atoms with E-state index in [1.165, 1.54) is 0 Å². The zero-order valence-electron chi connectivity index (χ0n) is 21.3. The molecular formula is C27H30ClN5O4S. The first-order valence-electron chi connectivity index (χ1n) is 12.6. The Balaban J connectivity index is 1.56. The standard InChI is InChI=1S/C27H30ClN5O4S/c1-3-29-26(34)30-21-8-4-19(5-9-21)25-31-23(16-24(32-25)33-14-15-37-17-18(33)2)27(12-13-27)38(35,36)22-10-6-20(28)7-11-22/h4-11,16,18H,3,12-15,17H2,1-2H3,(H2,29,30,34)/t18-/m0/s1. The summed E-state index contributed by atoms with van der Waals surface area (Å²) in [5.74, 6) is 1.10. The number of rotatable bonds is 7. The lowest BCUT2D eigenvalue weighted by atomic mass is 10.1. The van der Waals surface area contributed by atoms with Crippen LogP contribution in [0.15, 0.2) is 59.5 Å². The summed E-state index contributed by atoms with van der Waals surface area (Å²) in [6, 6.07) is 15.1. The Labute approximate surface area is 227 Å². The summed E-state index contributed by atoms with van der Waals surface area (Å²) in [4.78, 5) is 23.9. The van der Waals surface area contributed by atoms with E-state index in [1.54, 1.807) is 36.4 Å². The molecule has 2 heterocycles. The van der Waals surface area contributed by atoms with Gasteiger partial charge in [-0.25, -0.2) is 23.2 Å². The van der Waals surface area contributed by atoms with Gasteiger partial charge in [-0.2, -0.15) is 0 Å². The van der Waals surface area contributed by atoms with Crippen molar-refractivity contribution < 1.29 is 17.9 Å². The topological polar surface area (TPSA) is 114 Å². The van der Waals surface area contributed by atoms with Gasteiger partial charge in [0.15, 0.2) is 15.7 Å². The number of sulfone groups is 1. The minimum atomic E-state index is -3.73. The molecule has 2 N–H and O–H groups in total. The minimum absolute atomic E-state index is 0.0750. The summed E-state index contributed by atoms with van der Waals surface area (Å²) in [6.45, 7) is 6.19. The Morgan fingerprint density at radius 3 is 2.47 bits per heavy atom. The molecule has 0 bridgehead atoms. The average molecular weight is 556 g/mol. The van der Waals surface area contributed by atoms with Gasteiger partial charge in [0.2, 0.25) is 0 Å². The van der Waals surface area contributed by atoms with Crippen molar-refractivity contribution in [2.24, 2.45) is 0 Å². The summed E-state index contributed by atoms with van der Waals surface area (Å²) in [5.41, 5.74) is 1.83. The van der Waals surface area contributed by atoms with E-state index in [9.17, 15) is 13.2 Å². The molecule has 1 saturated carbocycles. The van der Waals surface area contributed by atoms with Gasteiger partial charge in [0.05, 0.1) is 29.8 Å². The van der Waals surface area contributed by atoms with Gasteiger partial charge < -0.3 is 20.3 Å². The van der Waals surface area contributed by atoms with Gasteiger partial charge in [-0.3, -0.25) is 0 Å². The Hall–Kier alpha value is -3.21. The molecule has 38 heavy (non-hydrogen) atoms. The van der Waals surface area contributed by atoms with E-state index in [1.807, 2.05) is 25.1 Å². The normalized spacial score (nSPS) is 18.6. The number of hydrogen-bond acceptors (Lipinski definition) is 7. The highest BCUT2D eigenvalue weighted by atomic mass is 35.5. The second-order valence-electron chi connectivity index (χ2n) is 9.57. The number of urea groups is 1. The Kier molecular flexibility index (Phi) is 7.30. The molecule has 0 radical (unpaired) electrons. The Bertz CT molecular complexity index is 1430. The van der Waals surface area contributed by atoms with E-state index in [0.29, 0.717) is 67.2 Å². The number of hydrogen-bond donors (Lipinski definition) is 2. The average Bonchev–Trinajstić information content (AvgIpc) is 3.73. The third-order valence-corrected chi connectivity index (χ3v) is 9.71. The Morgan fingerprint density at radius 1 is 1.13 bits per heavy atom. The number of ether oxygens (including phenoxy) is 1. The van der Waals surface area contributed by atoms with Crippen LogP contribution in [-0.2, 0) is 19.3 Å². The van der Waals surface area contributed by atoms with Gasteiger partial charge >= 0.3 is 6.03 Å². The third kappa shape index (κ3) is 5.08. The van der Waals surface area contributed by atoms with Gasteiger partial charge in [-0.15, -0.1) is 0 Å². The number of nitrogens with zero attached hydrogens (tertiary/aromatic N) is 3. The zero-order valence-corrected chi connectivity index (χ0v) is 22.8. The number of amides is 2. The number of anilines is 2. The summed E-state index contributed by atoms with van der Waals surface area (Å²) < 4.78 is 32.2. The zero-order chi connectivity index (χ0) is 26.9. The van der Waals surface area contributed by atoms with Gasteiger partial charge in [0.25, 0.3) is 0 Å². The number of nitrogens with one attached hydrogen (secondary N) is 2. The quantitative estimate of drug-likeness (QED) is 0.437. The van der Waals surface area contributed by atoms with Crippen LogP contribution in [0.4, 0.5) is 16.3 Å². The van der Waals surface area contributed by atoms with E-state index >= 15 is 0 Å². The first kappa shape index (κ1) is 26.4. The molecular weight excluding hydrogens is 526 g/mol. The summed E-state index contributed by atoms with van der Waals surface area (Å²) in [6.07, 6.45) is 0.948. The van der Waals surface area contributed by atoms with Crippen LogP contribution in [0.25, 0.3) is 11.4 Å². The molecule has 11 heteroatoms. The highest BCUT2D eigenvalue weighted by Gasteiger charge is 2.58. The van der Waals surface area contributed by atoms with E-state index in [4.69, 9.17) is 26.3 Å². The van der Waals surface area contributed by atoms with E-state index in [0.717, 1.165) is 5.56 Å². The molecule has 1 atom stereocenters. The lowest BCUT2D eigenvalue weighted by Crippen LogP contribution is -2.44. The highest BCUT2D eigenvalue weighted by molar-refractivity contribution is 7.92. The van der Waals surface area contributed by atoms with Crippen LogP contribution in [0, 0.1) is 0 Å². The van der Waals surface area contributed by atoms with Gasteiger partial charge in [0, 0.05) is 35.4 Å². The summed E-state index contributed by atoms with van der Waals surface area (Å²) in [7, 11) is -3.73. The van der Waals surface area contributed by atoms with Gasteiger partial charge in [0.1, 0.15) is 10.6 Å². The van der Waals surface area contributed by atoms with E-state index in [2.05, 4.69) is 22.5 Å². The molecule has 1 aliphatic carbocycles. The molecule has 2 amide bonds. The number of benzene rings is 2. The van der Waals surface area contributed by atoms with E-state index < -0.39 is 14.6 Å². The fourth-order valence-corrected chi connectivity index (χ4v) is 6.76. The van der Waals surface area contributed by atoms with Crippen LogP contribution in [0.5, 0.6) is 0 Å². The van der Waals surface area contributed by atoms with Crippen LogP contribution in [-0.4, -0.2) is 56.8 Å². The molecule has 200 valence electrons. The largest absolute Gasteiger partial charge is 0.377 e. The van der Waals surface area contributed by atoms with Crippen molar-refractivity contribution in [3.8, 4) is 11.4 Å². The molecule has 3 aromatic rings. The molecule has 1 saturated heterocycles. The number of morpholine rings is 1. The molecule has 0 unspecified atom stereocenters. The monoisotopic (exact) mass is 555 g/mol. The van der Waals surface area contributed by atoms with Crippen molar-refractivity contribution in [3.63, 3.8) is 0 Å².